The van der Waals surface area contributed by atoms with Crippen LogP contribution in [0.2, 0.25) is 0 Å². The van der Waals surface area contributed by atoms with E-state index in [0.29, 0.717) is 12.8 Å². The van der Waals surface area contributed by atoms with Crippen molar-refractivity contribution in [2.24, 2.45) is 29.1 Å². The lowest BCUT2D eigenvalue weighted by Gasteiger charge is -2.56. The zero-order valence-corrected chi connectivity index (χ0v) is 17.8. The van der Waals surface area contributed by atoms with Gasteiger partial charge in [-0.2, -0.15) is 0 Å². The molecule has 6 heteroatoms. The highest BCUT2D eigenvalue weighted by Gasteiger charge is 2.70. The van der Waals surface area contributed by atoms with Gasteiger partial charge in [0.05, 0.1) is 12.2 Å². The summed E-state index contributed by atoms with van der Waals surface area (Å²) in [6, 6.07) is 0. The van der Waals surface area contributed by atoms with Crippen molar-refractivity contribution in [3.63, 3.8) is 0 Å². The van der Waals surface area contributed by atoms with Crippen molar-refractivity contribution in [3.05, 3.63) is 23.8 Å². The Hall–Kier alpha value is -1.34. The second kappa shape index (κ2) is 7.09. The van der Waals surface area contributed by atoms with E-state index >= 15 is 0 Å². The molecule has 5 aliphatic rings. The van der Waals surface area contributed by atoms with Gasteiger partial charge in [0.2, 0.25) is 0 Å². The molecule has 9 atom stereocenters. The van der Waals surface area contributed by atoms with Crippen LogP contribution < -0.4 is 0 Å². The van der Waals surface area contributed by atoms with Gasteiger partial charge < -0.3 is 19.7 Å². The first kappa shape index (κ1) is 20.6. The molecule has 0 aromatic carbocycles. The van der Waals surface area contributed by atoms with Crippen LogP contribution >= 0.6 is 0 Å². The fraction of sp³-hybridized carbons (Fsp3) is 0.750. The predicted octanol–water partition coefficient (Wildman–Crippen LogP) is 2.33. The Balaban J connectivity index is 1.50. The van der Waals surface area contributed by atoms with Gasteiger partial charge in [0.1, 0.15) is 6.61 Å². The van der Waals surface area contributed by atoms with Crippen LogP contribution in [-0.2, 0) is 19.1 Å². The maximum Gasteiger partial charge on any atom is 0.192 e. The molecule has 0 amide bonds. The maximum atomic E-state index is 13.0. The first-order valence-corrected chi connectivity index (χ1v) is 11.4. The van der Waals surface area contributed by atoms with Crippen LogP contribution in [0.25, 0.3) is 0 Å². The summed E-state index contributed by atoms with van der Waals surface area (Å²) in [5.41, 5.74) is -0.358. The summed E-state index contributed by atoms with van der Waals surface area (Å²) in [6.07, 6.45) is 8.50. The normalized spacial score (nSPS) is 49.1. The first-order valence-electron chi connectivity index (χ1n) is 11.4. The lowest BCUT2D eigenvalue weighted by molar-refractivity contribution is -0.174. The average Bonchev–Trinajstić information content (AvgIpc) is 3.22. The second-order valence-corrected chi connectivity index (χ2v) is 10.1. The summed E-state index contributed by atoms with van der Waals surface area (Å²) < 4.78 is 12.5. The van der Waals surface area contributed by atoms with Crippen molar-refractivity contribution < 1.29 is 29.3 Å². The van der Waals surface area contributed by atoms with Crippen LogP contribution in [0.5, 0.6) is 0 Å². The standard InChI is InChI=1S/C24H32O6/c1-3-4-21-29-20-10-16-15-6-5-13-9-14(26)7-8-23(13,2)22(15)18(27)11-17(16)24(20,30-21)19(28)12-25/h7-9,15-18,20-22,25,27H,3-6,10-12H2,1-2H3/t15?,16?,17?,18?,20-,21?,22?,23?,24-/m1/s1. The second-order valence-electron chi connectivity index (χ2n) is 10.1. The van der Waals surface area contributed by atoms with Gasteiger partial charge in [-0.05, 0) is 56.1 Å². The van der Waals surface area contributed by atoms with Gasteiger partial charge in [0, 0.05) is 17.3 Å². The molecule has 2 N–H and O–H groups in total. The van der Waals surface area contributed by atoms with Gasteiger partial charge in [-0.25, -0.2) is 0 Å². The van der Waals surface area contributed by atoms with E-state index in [4.69, 9.17) is 9.47 Å². The summed E-state index contributed by atoms with van der Waals surface area (Å²) in [6.45, 7) is 3.62. The van der Waals surface area contributed by atoms with Crippen LogP contribution in [0, 0.1) is 29.1 Å². The Labute approximate surface area is 177 Å². The highest BCUT2D eigenvalue weighted by Crippen LogP contribution is 2.64. The molecule has 0 aromatic rings. The average molecular weight is 417 g/mol. The zero-order chi connectivity index (χ0) is 21.3. The van der Waals surface area contributed by atoms with Crippen molar-refractivity contribution in [2.75, 3.05) is 6.61 Å². The van der Waals surface area contributed by atoms with Crippen molar-refractivity contribution in [1.82, 2.24) is 0 Å². The SMILES string of the molecule is CCCC1O[C@@H]2CC3C4CCC5=CC(=O)C=CC5(C)C4C(O)CC3[C@]2(C(=O)CO)O1. The van der Waals surface area contributed by atoms with E-state index in [-0.39, 0.29) is 46.8 Å². The van der Waals surface area contributed by atoms with Gasteiger partial charge in [0.25, 0.3) is 0 Å². The number of hydrogen-bond donors (Lipinski definition) is 2. The first-order chi connectivity index (χ1) is 14.3. The predicted molar refractivity (Wildman–Crippen MR) is 108 cm³/mol. The molecular weight excluding hydrogens is 384 g/mol. The minimum absolute atomic E-state index is 0.00893. The number of aliphatic hydroxyl groups is 2. The van der Waals surface area contributed by atoms with E-state index in [1.54, 1.807) is 12.2 Å². The van der Waals surface area contributed by atoms with E-state index in [1.165, 1.54) is 0 Å². The van der Waals surface area contributed by atoms with Crippen molar-refractivity contribution in [1.29, 1.82) is 0 Å². The summed E-state index contributed by atoms with van der Waals surface area (Å²) in [7, 11) is 0. The molecule has 4 fully saturated rings. The molecule has 164 valence electrons. The Bertz CT molecular complexity index is 817. The number of ether oxygens (including phenoxy) is 2. The van der Waals surface area contributed by atoms with Crippen LogP contribution in [0.3, 0.4) is 0 Å². The maximum absolute atomic E-state index is 13.0. The summed E-state index contributed by atoms with van der Waals surface area (Å²) in [4.78, 5) is 25.0. The van der Waals surface area contributed by atoms with Gasteiger partial charge in [-0.1, -0.05) is 31.9 Å². The van der Waals surface area contributed by atoms with Crippen LogP contribution in [-0.4, -0.2) is 52.5 Å². The highest BCUT2D eigenvalue weighted by atomic mass is 16.7. The van der Waals surface area contributed by atoms with Crippen molar-refractivity contribution in [2.45, 2.75) is 76.5 Å². The number of hydrogen-bond acceptors (Lipinski definition) is 6. The Morgan fingerprint density at radius 2 is 2.10 bits per heavy atom. The van der Waals surface area contributed by atoms with Gasteiger partial charge in [0.15, 0.2) is 23.5 Å². The smallest absolute Gasteiger partial charge is 0.192 e. The number of aliphatic hydroxyl groups excluding tert-OH is 2. The molecule has 1 aliphatic heterocycles. The number of Topliss-reactive ketones (excluding diaryl/α,β-unsaturated/α-hetero) is 1. The molecule has 6 nitrogen and oxygen atoms in total. The van der Waals surface area contributed by atoms with Crippen LogP contribution in [0.15, 0.2) is 23.8 Å². The summed E-state index contributed by atoms with van der Waals surface area (Å²) in [5, 5.41) is 21.1. The van der Waals surface area contributed by atoms with E-state index in [2.05, 4.69) is 13.8 Å². The minimum Gasteiger partial charge on any atom is -0.393 e. The van der Waals surface area contributed by atoms with E-state index in [9.17, 15) is 19.8 Å². The monoisotopic (exact) mass is 416 g/mol. The third-order valence-electron chi connectivity index (χ3n) is 8.74. The molecule has 0 radical (unpaired) electrons. The Kier molecular flexibility index (Phi) is 4.86. The molecule has 1 heterocycles. The molecule has 0 spiro atoms. The molecule has 3 saturated carbocycles. The molecule has 0 bridgehead atoms. The minimum atomic E-state index is -1.14. The molecule has 7 unspecified atom stereocenters. The fourth-order valence-electron chi connectivity index (χ4n) is 7.58. The molecule has 4 aliphatic carbocycles. The summed E-state index contributed by atoms with van der Waals surface area (Å²) in [5.74, 6) is -0.000523. The molecule has 0 aromatic heterocycles. The van der Waals surface area contributed by atoms with Crippen molar-refractivity contribution >= 4 is 11.6 Å². The zero-order valence-electron chi connectivity index (χ0n) is 17.8. The Morgan fingerprint density at radius 1 is 1.30 bits per heavy atom. The van der Waals surface area contributed by atoms with E-state index < -0.39 is 24.6 Å². The van der Waals surface area contributed by atoms with Crippen LogP contribution in [0.1, 0.15) is 52.4 Å². The number of rotatable bonds is 4. The highest BCUT2D eigenvalue weighted by molar-refractivity contribution is 6.01. The summed E-state index contributed by atoms with van der Waals surface area (Å²) >= 11 is 0. The van der Waals surface area contributed by atoms with Gasteiger partial charge in [-0.15, -0.1) is 0 Å². The number of allylic oxidation sites excluding steroid dienone is 4. The molecular formula is C24H32O6. The number of ketones is 2. The molecule has 30 heavy (non-hydrogen) atoms. The molecule has 5 rings (SSSR count). The Morgan fingerprint density at radius 3 is 2.83 bits per heavy atom. The topological polar surface area (TPSA) is 93.1 Å². The number of carbonyl (C=O) groups is 2. The lowest BCUT2D eigenvalue weighted by atomic mass is 9.49. The van der Waals surface area contributed by atoms with E-state index in [1.807, 2.05) is 6.08 Å². The fourth-order valence-corrected chi connectivity index (χ4v) is 7.58. The number of carbonyl (C=O) groups excluding carboxylic acids is 2. The van der Waals surface area contributed by atoms with Gasteiger partial charge in [-0.3, -0.25) is 9.59 Å². The molecule has 1 saturated heterocycles. The van der Waals surface area contributed by atoms with E-state index in [0.717, 1.165) is 31.3 Å². The quantitative estimate of drug-likeness (QED) is 0.731. The number of fused-ring (bicyclic) bond motifs is 7. The lowest BCUT2D eigenvalue weighted by Crippen LogP contribution is -2.58. The van der Waals surface area contributed by atoms with Crippen molar-refractivity contribution in [3.8, 4) is 0 Å². The largest absolute Gasteiger partial charge is 0.393 e. The van der Waals surface area contributed by atoms with Crippen LogP contribution in [0.4, 0.5) is 0 Å². The van der Waals surface area contributed by atoms with Gasteiger partial charge >= 0.3 is 0 Å². The third kappa shape index (κ3) is 2.63. The third-order valence-corrected chi connectivity index (χ3v) is 8.74.